The van der Waals surface area contributed by atoms with Crippen LogP contribution in [0.15, 0.2) is 18.2 Å². The second-order valence-electron chi connectivity index (χ2n) is 3.16. The first-order chi connectivity index (χ1) is 7.71. The summed E-state index contributed by atoms with van der Waals surface area (Å²) in [5.74, 6) is 2.00. The minimum atomic E-state index is -0.314. The number of hydrogen-bond acceptors (Lipinski definition) is 4. The number of benzene rings is 1. The number of rotatable bonds is 6. The molecule has 0 spiro atoms. The molecule has 0 aromatic heterocycles. The standard InChI is InChI=1S/C12H18O4/c1-5-15-9(2)16-12-8-10(13-3)6-7-11(12)14-4/h6-9H,5H2,1-4H3. The molecule has 1 aromatic rings. The molecule has 0 saturated carbocycles. The molecular weight excluding hydrogens is 208 g/mol. The quantitative estimate of drug-likeness (QED) is 0.698. The van der Waals surface area contributed by atoms with Crippen LogP contribution in [0.25, 0.3) is 0 Å². The molecule has 4 heteroatoms. The zero-order valence-electron chi connectivity index (χ0n) is 10.1. The van der Waals surface area contributed by atoms with E-state index in [0.29, 0.717) is 18.1 Å². The molecule has 1 rings (SSSR count). The topological polar surface area (TPSA) is 36.9 Å². The SMILES string of the molecule is CCOC(C)Oc1cc(OC)ccc1OC. The lowest BCUT2D eigenvalue weighted by atomic mass is 10.3. The summed E-state index contributed by atoms with van der Waals surface area (Å²) in [6.07, 6.45) is -0.314. The van der Waals surface area contributed by atoms with E-state index in [1.165, 1.54) is 0 Å². The van der Waals surface area contributed by atoms with Crippen molar-refractivity contribution in [3.05, 3.63) is 18.2 Å². The largest absolute Gasteiger partial charge is 0.497 e. The Morgan fingerprint density at radius 3 is 2.44 bits per heavy atom. The van der Waals surface area contributed by atoms with Crippen molar-refractivity contribution < 1.29 is 18.9 Å². The molecule has 0 aliphatic heterocycles. The van der Waals surface area contributed by atoms with Gasteiger partial charge in [-0.25, -0.2) is 0 Å². The second kappa shape index (κ2) is 6.23. The number of hydrogen-bond donors (Lipinski definition) is 0. The number of ether oxygens (including phenoxy) is 4. The summed E-state index contributed by atoms with van der Waals surface area (Å²) in [5, 5.41) is 0. The van der Waals surface area contributed by atoms with E-state index in [9.17, 15) is 0 Å². The van der Waals surface area contributed by atoms with E-state index in [1.807, 2.05) is 19.9 Å². The molecule has 16 heavy (non-hydrogen) atoms. The van der Waals surface area contributed by atoms with Crippen LogP contribution in [0.1, 0.15) is 13.8 Å². The summed E-state index contributed by atoms with van der Waals surface area (Å²) < 4.78 is 21.2. The average Bonchev–Trinajstić information content (AvgIpc) is 2.29. The normalized spacial score (nSPS) is 12.0. The van der Waals surface area contributed by atoms with Crippen LogP contribution in [0.3, 0.4) is 0 Å². The first-order valence-electron chi connectivity index (χ1n) is 5.21. The van der Waals surface area contributed by atoms with Crippen LogP contribution >= 0.6 is 0 Å². The zero-order chi connectivity index (χ0) is 12.0. The van der Waals surface area contributed by atoms with Crippen LogP contribution in [0.5, 0.6) is 17.2 Å². The first-order valence-corrected chi connectivity index (χ1v) is 5.21. The number of methoxy groups -OCH3 is 2. The van der Waals surface area contributed by atoms with Crippen molar-refractivity contribution in [3.63, 3.8) is 0 Å². The van der Waals surface area contributed by atoms with Gasteiger partial charge in [-0.1, -0.05) is 0 Å². The molecule has 0 radical (unpaired) electrons. The van der Waals surface area contributed by atoms with Gasteiger partial charge in [0.15, 0.2) is 17.8 Å². The van der Waals surface area contributed by atoms with Crippen LogP contribution in [0.2, 0.25) is 0 Å². The summed E-state index contributed by atoms with van der Waals surface area (Å²) in [4.78, 5) is 0. The molecule has 0 fully saturated rings. The fourth-order valence-corrected chi connectivity index (χ4v) is 1.32. The van der Waals surface area contributed by atoms with E-state index >= 15 is 0 Å². The molecule has 0 N–H and O–H groups in total. The maximum atomic E-state index is 5.59. The minimum absolute atomic E-state index is 0.314. The van der Waals surface area contributed by atoms with E-state index in [2.05, 4.69) is 0 Å². The molecule has 0 amide bonds. The van der Waals surface area contributed by atoms with Crippen LogP contribution in [-0.2, 0) is 4.74 Å². The Morgan fingerprint density at radius 1 is 1.12 bits per heavy atom. The van der Waals surface area contributed by atoms with E-state index in [1.54, 1.807) is 26.4 Å². The molecule has 1 aromatic carbocycles. The molecule has 90 valence electrons. The molecule has 4 nitrogen and oxygen atoms in total. The van der Waals surface area contributed by atoms with Gasteiger partial charge in [-0.3, -0.25) is 0 Å². The van der Waals surface area contributed by atoms with Gasteiger partial charge in [0.2, 0.25) is 0 Å². The second-order valence-corrected chi connectivity index (χ2v) is 3.16. The van der Waals surface area contributed by atoms with E-state index in [0.717, 1.165) is 5.75 Å². The third-order valence-corrected chi connectivity index (χ3v) is 2.07. The van der Waals surface area contributed by atoms with Crippen LogP contribution in [0.4, 0.5) is 0 Å². The van der Waals surface area contributed by atoms with Crippen molar-refractivity contribution >= 4 is 0 Å². The molecule has 0 aliphatic rings. The van der Waals surface area contributed by atoms with Crippen molar-refractivity contribution in [1.29, 1.82) is 0 Å². The van der Waals surface area contributed by atoms with Crippen molar-refractivity contribution in [1.82, 2.24) is 0 Å². The predicted octanol–water partition coefficient (Wildman–Crippen LogP) is 2.47. The summed E-state index contributed by atoms with van der Waals surface area (Å²) in [7, 11) is 3.21. The highest BCUT2D eigenvalue weighted by molar-refractivity contribution is 5.45. The van der Waals surface area contributed by atoms with E-state index < -0.39 is 0 Å². The summed E-state index contributed by atoms with van der Waals surface area (Å²) in [5.41, 5.74) is 0. The van der Waals surface area contributed by atoms with Gasteiger partial charge in [0.1, 0.15) is 5.75 Å². The smallest absolute Gasteiger partial charge is 0.197 e. The van der Waals surface area contributed by atoms with Crippen molar-refractivity contribution in [2.24, 2.45) is 0 Å². The fraction of sp³-hybridized carbons (Fsp3) is 0.500. The van der Waals surface area contributed by atoms with Gasteiger partial charge >= 0.3 is 0 Å². The lowest BCUT2D eigenvalue weighted by molar-refractivity contribution is -0.0624. The summed E-state index contributed by atoms with van der Waals surface area (Å²) >= 11 is 0. The van der Waals surface area contributed by atoms with Gasteiger partial charge in [0, 0.05) is 12.7 Å². The molecule has 0 saturated heterocycles. The molecule has 0 aliphatic carbocycles. The molecule has 0 heterocycles. The van der Waals surface area contributed by atoms with Gasteiger partial charge in [0.05, 0.1) is 14.2 Å². The lowest BCUT2D eigenvalue weighted by Crippen LogP contribution is -2.16. The average molecular weight is 226 g/mol. The Labute approximate surface area is 96.1 Å². The summed E-state index contributed by atoms with van der Waals surface area (Å²) in [6, 6.07) is 5.39. The highest BCUT2D eigenvalue weighted by atomic mass is 16.7. The fourth-order valence-electron chi connectivity index (χ4n) is 1.32. The first kappa shape index (κ1) is 12.6. The van der Waals surface area contributed by atoms with E-state index in [4.69, 9.17) is 18.9 Å². The van der Waals surface area contributed by atoms with Gasteiger partial charge < -0.3 is 18.9 Å². The maximum Gasteiger partial charge on any atom is 0.197 e. The highest BCUT2D eigenvalue weighted by Crippen LogP contribution is 2.31. The van der Waals surface area contributed by atoms with Crippen molar-refractivity contribution in [2.45, 2.75) is 20.1 Å². The zero-order valence-corrected chi connectivity index (χ0v) is 10.1. The lowest BCUT2D eigenvalue weighted by Gasteiger charge is -2.17. The summed E-state index contributed by atoms with van der Waals surface area (Å²) in [6.45, 7) is 4.36. The van der Waals surface area contributed by atoms with Crippen molar-refractivity contribution in [3.8, 4) is 17.2 Å². The van der Waals surface area contributed by atoms with Gasteiger partial charge in [-0.2, -0.15) is 0 Å². The molecule has 1 unspecified atom stereocenters. The Bertz CT molecular complexity index is 325. The molecule has 1 atom stereocenters. The van der Waals surface area contributed by atoms with Crippen LogP contribution in [0, 0.1) is 0 Å². The van der Waals surface area contributed by atoms with Crippen LogP contribution in [-0.4, -0.2) is 27.1 Å². The monoisotopic (exact) mass is 226 g/mol. The van der Waals surface area contributed by atoms with Gasteiger partial charge in [-0.05, 0) is 26.0 Å². The van der Waals surface area contributed by atoms with Crippen molar-refractivity contribution in [2.75, 3.05) is 20.8 Å². The molecule has 0 bridgehead atoms. The Balaban J connectivity index is 2.82. The van der Waals surface area contributed by atoms with Gasteiger partial charge in [-0.15, -0.1) is 0 Å². The Morgan fingerprint density at radius 2 is 1.88 bits per heavy atom. The third-order valence-electron chi connectivity index (χ3n) is 2.07. The minimum Gasteiger partial charge on any atom is -0.497 e. The Kier molecular flexibility index (Phi) is 4.92. The van der Waals surface area contributed by atoms with Gasteiger partial charge in [0.25, 0.3) is 0 Å². The van der Waals surface area contributed by atoms with E-state index in [-0.39, 0.29) is 6.29 Å². The maximum absolute atomic E-state index is 5.59. The third kappa shape index (κ3) is 3.31. The Hall–Kier alpha value is -1.42. The molecular formula is C12H18O4. The van der Waals surface area contributed by atoms with Crippen LogP contribution < -0.4 is 14.2 Å². The highest BCUT2D eigenvalue weighted by Gasteiger charge is 2.10. The predicted molar refractivity (Wildman–Crippen MR) is 61.3 cm³/mol.